The van der Waals surface area contributed by atoms with Gasteiger partial charge >= 0.3 is 0 Å². The van der Waals surface area contributed by atoms with Crippen LogP contribution in [0.3, 0.4) is 0 Å². The average Bonchev–Trinajstić information content (AvgIpc) is 3.24. The molecule has 0 N–H and O–H groups in total. The van der Waals surface area contributed by atoms with Crippen molar-refractivity contribution in [3.05, 3.63) is 34.6 Å². The fourth-order valence-electron chi connectivity index (χ4n) is 6.57. The summed E-state index contributed by atoms with van der Waals surface area (Å²) < 4.78 is 14.4. The highest BCUT2D eigenvalue weighted by Gasteiger charge is 2.44. The van der Waals surface area contributed by atoms with Crippen molar-refractivity contribution in [2.45, 2.75) is 96.9 Å². The monoisotopic (exact) mass is 470 g/mol. The van der Waals surface area contributed by atoms with Gasteiger partial charge in [0, 0.05) is 31.0 Å². The Morgan fingerprint density at radius 3 is 2.44 bits per heavy atom. The van der Waals surface area contributed by atoms with Crippen molar-refractivity contribution in [1.82, 2.24) is 9.80 Å². The second kappa shape index (κ2) is 10.7. The molecule has 5 nitrogen and oxygen atoms in total. The number of ketones is 1. The zero-order valence-electron chi connectivity index (χ0n) is 20.8. The van der Waals surface area contributed by atoms with E-state index in [0.717, 1.165) is 70.0 Å². The Labute approximate surface area is 203 Å². The third kappa shape index (κ3) is 5.27. The van der Waals surface area contributed by atoms with E-state index in [1.807, 2.05) is 0 Å². The normalized spacial score (nSPS) is 22.0. The Hall–Kier alpha value is -2.08. The van der Waals surface area contributed by atoms with Gasteiger partial charge in [0.15, 0.2) is 5.78 Å². The number of imide groups is 1. The van der Waals surface area contributed by atoms with E-state index in [1.54, 1.807) is 13.0 Å². The standard InChI is InChI=1S/C28H39FN2O3/c1-3-14-30(21-8-9-23-24(17-21)22(20(2)32)10-11-25(23)29)15-6-7-16-31-26(33)18-28(19-27(31)34)12-4-5-13-28/h10-11,21H,3-9,12-19H2,1-2H3/t21-/m0/s1. The second-order valence-electron chi connectivity index (χ2n) is 10.7. The predicted octanol–water partition coefficient (Wildman–Crippen LogP) is 5.09. The van der Waals surface area contributed by atoms with Crippen LogP contribution >= 0.6 is 0 Å². The number of rotatable bonds is 9. The van der Waals surface area contributed by atoms with Crippen LogP contribution in [0.4, 0.5) is 4.39 Å². The number of piperidine rings is 1. The molecule has 2 amide bonds. The van der Waals surface area contributed by atoms with E-state index in [1.165, 1.54) is 11.0 Å². The minimum Gasteiger partial charge on any atom is -0.300 e. The maximum absolute atomic E-state index is 14.4. The Morgan fingerprint density at radius 2 is 1.79 bits per heavy atom. The van der Waals surface area contributed by atoms with E-state index in [0.29, 0.717) is 43.4 Å². The number of hydrogen-bond donors (Lipinski definition) is 0. The summed E-state index contributed by atoms with van der Waals surface area (Å²) in [6.45, 7) is 6.07. The molecule has 1 saturated heterocycles. The van der Waals surface area contributed by atoms with Crippen molar-refractivity contribution >= 4 is 17.6 Å². The van der Waals surface area contributed by atoms with Crippen molar-refractivity contribution in [3.63, 3.8) is 0 Å². The van der Waals surface area contributed by atoms with E-state index in [-0.39, 0.29) is 34.9 Å². The zero-order valence-corrected chi connectivity index (χ0v) is 20.8. The zero-order chi connectivity index (χ0) is 24.3. The molecule has 2 fully saturated rings. The molecule has 1 saturated carbocycles. The molecule has 3 aliphatic rings. The molecule has 1 spiro atoms. The first-order valence-corrected chi connectivity index (χ1v) is 13.2. The molecule has 6 heteroatoms. The largest absolute Gasteiger partial charge is 0.300 e. The van der Waals surface area contributed by atoms with Crippen LogP contribution in [0, 0.1) is 11.2 Å². The van der Waals surface area contributed by atoms with E-state index in [2.05, 4.69) is 11.8 Å². The highest BCUT2D eigenvalue weighted by Crippen LogP contribution is 2.46. The molecule has 1 heterocycles. The maximum atomic E-state index is 14.4. The molecule has 34 heavy (non-hydrogen) atoms. The van der Waals surface area contributed by atoms with Crippen LogP contribution in [0.2, 0.25) is 0 Å². The van der Waals surface area contributed by atoms with Gasteiger partial charge in [-0.2, -0.15) is 0 Å². The fourth-order valence-corrected chi connectivity index (χ4v) is 6.57. The summed E-state index contributed by atoms with van der Waals surface area (Å²) in [6, 6.07) is 3.34. The Balaban J connectivity index is 1.32. The fraction of sp³-hybridized carbons (Fsp3) is 0.679. The highest BCUT2D eigenvalue weighted by molar-refractivity contribution is 5.98. The summed E-state index contributed by atoms with van der Waals surface area (Å²) in [7, 11) is 0. The van der Waals surface area contributed by atoms with Gasteiger partial charge in [-0.15, -0.1) is 0 Å². The van der Waals surface area contributed by atoms with Crippen molar-refractivity contribution < 1.29 is 18.8 Å². The van der Waals surface area contributed by atoms with Crippen LogP contribution in [-0.2, 0) is 22.4 Å². The average molecular weight is 471 g/mol. The number of nitrogens with zero attached hydrogens (tertiary/aromatic N) is 2. The highest BCUT2D eigenvalue weighted by atomic mass is 19.1. The molecule has 1 aromatic carbocycles. The van der Waals surface area contributed by atoms with Crippen molar-refractivity contribution in [1.29, 1.82) is 0 Å². The molecule has 0 bridgehead atoms. The van der Waals surface area contributed by atoms with E-state index in [9.17, 15) is 18.8 Å². The van der Waals surface area contributed by atoms with Gasteiger partial charge in [-0.05, 0) is 100 Å². The lowest BCUT2D eigenvalue weighted by molar-refractivity contribution is -0.153. The summed E-state index contributed by atoms with van der Waals surface area (Å²) in [5.41, 5.74) is 2.20. The van der Waals surface area contributed by atoms with Crippen molar-refractivity contribution in [2.24, 2.45) is 5.41 Å². The van der Waals surface area contributed by atoms with E-state index >= 15 is 0 Å². The molecule has 2 aliphatic carbocycles. The third-order valence-electron chi connectivity index (χ3n) is 8.34. The number of hydrogen-bond acceptors (Lipinski definition) is 4. The van der Waals surface area contributed by atoms with Gasteiger partial charge in [-0.25, -0.2) is 4.39 Å². The number of fused-ring (bicyclic) bond motifs is 1. The lowest BCUT2D eigenvalue weighted by atomic mass is 9.76. The Morgan fingerprint density at radius 1 is 1.09 bits per heavy atom. The number of carbonyl (C=O) groups excluding carboxylic acids is 3. The first kappa shape index (κ1) is 25.0. The number of halogens is 1. The first-order chi connectivity index (χ1) is 16.3. The second-order valence-corrected chi connectivity index (χ2v) is 10.7. The maximum Gasteiger partial charge on any atom is 0.229 e. The van der Waals surface area contributed by atoms with Crippen LogP contribution in [0.15, 0.2) is 12.1 Å². The molecule has 4 rings (SSSR count). The van der Waals surface area contributed by atoms with Crippen LogP contribution in [-0.4, -0.2) is 53.1 Å². The van der Waals surface area contributed by atoms with Crippen LogP contribution in [0.5, 0.6) is 0 Å². The van der Waals surface area contributed by atoms with Gasteiger partial charge in [0.25, 0.3) is 0 Å². The third-order valence-corrected chi connectivity index (χ3v) is 8.34. The molecule has 0 unspecified atom stereocenters. The molecule has 0 radical (unpaired) electrons. The molecule has 186 valence electrons. The van der Waals surface area contributed by atoms with E-state index in [4.69, 9.17) is 0 Å². The summed E-state index contributed by atoms with van der Waals surface area (Å²) in [5.74, 6) is -0.164. The summed E-state index contributed by atoms with van der Waals surface area (Å²) in [5, 5.41) is 0. The number of amides is 2. The summed E-state index contributed by atoms with van der Waals surface area (Å²) >= 11 is 0. The molecule has 1 aromatic rings. The lowest BCUT2D eigenvalue weighted by Gasteiger charge is -2.38. The molecule has 1 aliphatic heterocycles. The van der Waals surface area contributed by atoms with Crippen molar-refractivity contribution in [2.75, 3.05) is 19.6 Å². The number of carbonyl (C=O) groups is 3. The van der Waals surface area contributed by atoms with Crippen LogP contribution in [0.1, 0.15) is 99.5 Å². The van der Waals surface area contributed by atoms with E-state index < -0.39 is 0 Å². The van der Waals surface area contributed by atoms with Gasteiger partial charge in [0.1, 0.15) is 5.82 Å². The molecule has 0 aromatic heterocycles. The Bertz CT molecular complexity index is 918. The molecular weight excluding hydrogens is 431 g/mol. The summed E-state index contributed by atoms with van der Waals surface area (Å²) in [6.07, 6.45) is 10.4. The van der Waals surface area contributed by atoms with Gasteiger partial charge in [0.2, 0.25) is 11.8 Å². The number of benzene rings is 1. The number of unbranched alkanes of at least 4 members (excludes halogenated alkanes) is 1. The van der Waals surface area contributed by atoms with Gasteiger partial charge < -0.3 is 4.90 Å². The van der Waals surface area contributed by atoms with Gasteiger partial charge in [0.05, 0.1) is 0 Å². The van der Waals surface area contributed by atoms with Crippen LogP contribution < -0.4 is 0 Å². The number of likely N-dealkylation sites (tertiary alicyclic amines) is 1. The summed E-state index contributed by atoms with van der Waals surface area (Å²) in [4.78, 5) is 41.5. The quantitative estimate of drug-likeness (QED) is 0.287. The van der Waals surface area contributed by atoms with Crippen LogP contribution in [0.25, 0.3) is 0 Å². The molecule has 1 atom stereocenters. The van der Waals surface area contributed by atoms with Gasteiger partial charge in [-0.1, -0.05) is 19.8 Å². The minimum absolute atomic E-state index is 0.00538. The lowest BCUT2D eigenvalue weighted by Crippen LogP contribution is -2.47. The molecular formula is C28H39FN2O3. The number of Topliss-reactive ketones (excluding diaryl/α,β-unsaturated/α-hetero) is 1. The topological polar surface area (TPSA) is 57.7 Å². The van der Waals surface area contributed by atoms with Crippen molar-refractivity contribution in [3.8, 4) is 0 Å². The SMILES string of the molecule is CCCN(CCCCN1C(=O)CC2(CCCC2)CC1=O)[C@H]1CCc2c(F)ccc(C(C)=O)c2C1. The minimum atomic E-state index is -0.198. The first-order valence-electron chi connectivity index (χ1n) is 13.2. The Kier molecular flexibility index (Phi) is 7.86. The smallest absolute Gasteiger partial charge is 0.229 e. The predicted molar refractivity (Wildman–Crippen MR) is 130 cm³/mol. The van der Waals surface area contributed by atoms with Gasteiger partial charge in [-0.3, -0.25) is 19.3 Å².